The lowest BCUT2D eigenvalue weighted by Gasteiger charge is -2.13. The first-order valence-corrected chi connectivity index (χ1v) is 7.40. The molecule has 1 rings (SSSR count). The van der Waals surface area contributed by atoms with E-state index in [1.165, 1.54) is 12.1 Å². The second-order valence-electron chi connectivity index (χ2n) is 5.44. The first-order chi connectivity index (χ1) is 10.0. The maximum atomic E-state index is 13.5. The van der Waals surface area contributed by atoms with Crippen LogP contribution in [0.15, 0.2) is 18.2 Å². The third-order valence-electron chi connectivity index (χ3n) is 2.77. The van der Waals surface area contributed by atoms with Gasteiger partial charge in [-0.3, -0.25) is 0 Å². The lowest BCUT2D eigenvalue weighted by atomic mass is 10.2. The maximum Gasteiger partial charge on any atom is 0.127 e. The van der Waals surface area contributed by atoms with Crippen LogP contribution in [0.4, 0.5) is 4.39 Å². The van der Waals surface area contributed by atoms with E-state index in [1.54, 1.807) is 6.07 Å². The van der Waals surface area contributed by atoms with Gasteiger partial charge in [0.25, 0.3) is 0 Å². The number of aliphatic hydroxyl groups is 1. The van der Waals surface area contributed by atoms with Crippen molar-refractivity contribution in [1.29, 1.82) is 0 Å². The average Bonchev–Trinajstić information content (AvgIpc) is 2.42. The standard InChI is InChI=1S/C16H26FNO3/c1-4-20-10-15(19)11-21-16-6-13(5-14(17)7-16)9-18-8-12(2)3/h5-7,12,15,18-19H,4,8-11H2,1-3H3. The van der Waals surface area contributed by atoms with Crippen molar-refractivity contribution in [2.45, 2.75) is 33.4 Å². The molecule has 1 atom stereocenters. The van der Waals surface area contributed by atoms with E-state index < -0.39 is 6.10 Å². The Morgan fingerprint density at radius 1 is 1.24 bits per heavy atom. The van der Waals surface area contributed by atoms with Gasteiger partial charge in [0.15, 0.2) is 0 Å². The fourth-order valence-corrected chi connectivity index (χ4v) is 1.81. The second kappa shape index (κ2) is 9.71. The predicted molar refractivity (Wildman–Crippen MR) is 80.9 cm³/mol. The van der Waals surface area contributed by atoms with Gasteiger partial charge in [-0.25, -0.2) is 4.39 Å². The Labute approximate surface area is 126 Å². The first-order valence-electron chi connectivity index (χ1n) is 7.40. The normalized spacial score (nSPS) is 12.7. The summed E-state index contributed by atoms with van der Waals surface area (Å²) in [5.41, 5.74) is 0.824. The molecule has 0 aliphatic rings. The number of hydrogen-bond acceptors (Lipinski definition) is 4. The summed E-state index contributed by atoms with van der Waals surface area (Å²) in [6.45, 7) is 8.41. The number of aliphatic hydroxyl groups excluding tert-OH is 1. The van der Waals surface area contributed by atoms with Crippen molar-refractivity contribution in [2.24, 2.45) is 5.92 Å². The molecule has 0 amide bonds. The molecule has 0 saturated carbocycles. The highest BCUT2D eigenvalue weighted by molar-refractivity contribution is 5.29. The van der Waals surface area contributed by atoms with Gasteiger partial charge in [0.05, 0.1) is 6.61 Å². The molecule has 0 aliphatic carbocycles. The van der Waals surface area contributed by atoms with E-state index in [9.17, 15) is 9.50 Å². The highest BCUT2D eigenvalue weighted by atomic mass is 19.1. The van der Waals surface area contributed by atoms with Crippen molar-refractivity contribution >= 4 is 0 Å². The van der Waals surface area contributed by atoms with E-state index in [1.807, 2.05) is 6.92 Å². The number of rotatable bonds is 10. The molecule has 1 aromatic rings. The summed E-state index contributed by atoms with van der Waals surface area (Å²) >= 11 is 0. The van der Waals surface area contributed by atoms with Crippen molar-refractivity contribution in [3.05, 3.63) is 29.6 Å². The summed E-state index contributed by atoms with van der Waals surface area (Å²) < 4.78 is 24.1. The number of benzene rings is 1. The van der Waals surface area contributed by atoms with Crippen molar-refractivity contribution in [3.8, 4) is 5.75 Å². The Balaban J connectivity index is 2.48. The summed E-state index contributed by atoms with van der Waals surface area (Å²) in [7, 11) is 0. The van der Waals surface area contributed by atoms with Gasteiger partial charge in [-0.05, 0) is 37.1 Å². The molecule has 1 unspecified atom stereocenters. The molecule has 0 fully saturated rings. The van der Waals surface area contributed by atoms with E-state index >= 15 is 0 Å². The first kappa shape index (κ1) is 17.9. The molecule has 0 heterocycles. The van der Waals surface area contributed by atoms with Crippen LogP contribution in [-0.2, 0) is 11.3 Å². The number of halogens is 1. The van der Waals surface area contributed by atoms with Crippen molar-refractivity contribution < 1.29 is 19.0 Å². The number of nitrogens with one attached hydrogen (secondary N) is 1. The van der Waals surface area contributed by atoms with Gasteiger partial charge in [-0.2, -0.15) is 0 Å². The average molecular weight is 299 g/mol. The second-order valence-corrected chi connectivity index (χ2v) is 5.44. The highest BCUT2D eigenvalue weighted by Crippen LogP contribution is 2.17. The fraction of sp³-hybridized carbons (Fsp3) is 0.625. The van der Waals surface area contributed by atoms with Crippen molar-refractivity contribution in [3.63, 3.8) is 0 Å². The highest BCUT2D eigenvalue weighted by Gasteiger charge is 2.07. The van der Waals surface area contributed by atoms with Crippen LogP contribution in [0.3, 0.4) is 0 Å². The van der Waals surface area contributed by atoms with E-state index in [0.29, 0.717) is 24.8 Å². The minimum Gasteiger partial charge on any atom is -0.491 e. The van der Waals surface area contributed by atoms with Gasteiger partial charge < -0.3 is 19.9 Å². The van der Waals surface area contributed by atoms with Crippen molar-refractivity contribution in [1.82, 2.24) is 5.32 Å². The largest absolute Gasteiger partial charge is 0.491 e. The molecule has 2 N–H and O–H groups in total. The van der Waals surface area contributed by atoms with Gasteiger partial charge >= 0.3 is 0 Å². The fourth-order valence-electron chi connectivity index (χ4n) is 1.81. The van der Waals surface area contributed by atoms with E-state index in [4.69, 9.17) is 9.47 Å². The maximum absolute atomic E-state index is 13.5. The van der Waals surface area contributed by atoms with Crippen LogP contribution >= 0.6 is 0 Å². The lowest BCUT2D eigenvalue weighted by Crippen LogP contribution is -2.23. The number of hydrogen-bond donors (Lipinski definition) is 2. The van der Waals surface area contributed by atoms with Crippen LogP contribution in [0, 0.1) is 11.7 Å². The summed E-state index contributed by atoms with van der Waals surface area (Å²) in [6, 6.07) is 4.58. The SMILES string of the molecule is CCOCC(O)COc1cc(F)cc(CNCC(C)C)c1. The Morgan fingerprint density at radius 3 is 2.67 bits per heavy atom. The van der Waals surface area contributed by atoms with Crippen molar-refractivity contribution in [2.75, 3.05) is 26.4 Å². The third-order valence-corrected chi connectivity index (χ3v) is 2.77. The quantitative estimate of drug-likeness (QED) is 0.696. The van der Waals surface area contributed by atoms with Crippen LogP contribution in [0.25, 0.3) is 0 Å². The Hall–Kier alpha value is -1.17. The van der Waals surface area contributed by atoms with Crippen LogP contribution in [0.2, 0.25) is 0 Å². The Morgan fingerprint density at radius 2 is 2.00 bits per heavy atom. The molecular weight excluding hydrogens is 273 g/mol. The molecule has 5 heteroatoms. The Bertz CT molecular complexity index is 413. The molecule has 0 spiro atoms. The third kappa shape index (κ3) is 7.99. The molecule has 0 aromatic heterocycles. The minimum absolute atomic E-state index is 0.0856. The smallest absolute Gasteiger partial charge is 0.127 e. The van der Waals surface area contributed by atoms with Crippen LogP contribution < -0.4 is 10.1 Å². The molecule has 4 nitrogen and oxygen atoms in total. The molecule has 0 saturated heterocycles. The summed E-state index contributed by atoms with van der Waals surface area (Å²) in [5, 5.41) is 12.9. The van der Waals surface area contributed by atoms with Gasteiger partial charge in [0.2, 0.25) is 0 Å². The predicted octanol–water partition coefficient (Wildman–Crippen LogP) is 2.35. The van der Waals surface area contributed by atoms with Gasteiger partial charge in [-0.15, -0.1) is 0 Å². The van der Waals surface area contributed by atoms with Gasteiger partial charge in [-0.1, -0.05) is 13.8 Å². The summed E-state index contributed by atoms with van der Waals surface area (Å²) in [4.78, 5) is 0. The Kier molecular flexibility index (Phi) is 8.27. The van der Waals surface area contributed by atoms with E-state index in [0.717, 1.165) is 12.1 Å². The van der Waals surface area contributed by atoms with Gasteiger partial charge in [0, 0.05) is 19.2 Å². The molecule has 120 valence electrons. The zero-order valence-electron chi connectivity index (χ0n) is 13.1. The molecule has 0 radical (unpaired) electrons. The molecule has 0 bridgehead atoms. The summed E-state index contributed by atoms with van der Waals surface area (Å²) in [6.07, 6.45) is -0.712. The lowest BCUT2D eigenvalue weighted by molar-refractivity contribution is 0.0164. The minimum atomic E-state index is -0.712. The van der Waals surface area contributed by atoms with E-state index in [2.05, 4.69) is 19.2 Å². The molecular formula is C16H26FNO3. The van der Waals surface area contributed by atoms with Gasteiger partial charge in [0.1, 0.15) is 24.3 Å². The molecule has 0 aliphatic heterocycles. The molecule has 21 heavy (non-hydrogen) atoms. The van der Waals surface area contributed by atoms with E-state index in [-0.39, 0.29) is 19.0 Å². The zero-order chi connectivity index (χ0) is 15.7. The monoisotopic (exact) mass is 299 g/mol. The molecule has 1 aromatic carbocycles. The van der Waals surface area contributed by atoms with Crippen LogP contribution in [0.1, 0.15) is 26.3 Å². The summed E-state index contributed by atoms with van der Waals surface area (Å²) in [5.74, 6) is 0.628. The van der Waals surface area contributed by atoms with Crippen LogP contribution in [-0.4, -0.2) is 37.6 Å². The van der Waals surface area contributed by atoms with Crippen LogP contribution in [0.5, 0.6) is 5.75 Å². The topological polar surface area (TPSA) is 50.7 Å². The number of ether oxygens (including phenoxy) is 2. The zero-order valence-corrected chi connectivity index (χ0v) is 13.1.